The molecular weight excluding hydrogens is 339 g/mol. The molecule has 2 aromatic heterocycles. The van der Waals surface area contributed by atoms with Crippen molar-refractivity contribution < 1.29 is 22.7 Å². The summed E-state index contributed by atoms with van der Waals surface area (Å²) in [5, 5.41) is 14.0. The minimum Gasteiger partial charge on any atom is -0.469 e. The van der Waals surface area contributed by atoms with Crippen LogP contribution in [0.25, 0.3) is 5.65 Å². The van der Waals surface area contributed by atoms with Crippen LogP contribution in [-0.2, 0) is 15.7 Å². The van der Waals surface area contributed by atoms with Crippen molar-refractivity contribution in [2.24, 2.45) is 5.92 Å². The van der Waals surface area contributed by atoms with Gasteiger partial charge in [-0.25, -0.2) is 0 Å². The molecule has 7 nitrogen and oxygen atoms in total. The summed E-state index contributed by atoms with van der Waals surface area (Å²) >= 11 is 0. The van der Waals surface area contributed by atoms with E-state index in [1.807, 2.05) is 0 Å². The van der Waals surface area contributed by atoms with E-state index in [9.17, 15) is 18.0 Å². The normalized spacial score (nSPS) is 20.9. The van der Waals surface area contributed by atoms with Gasteiger partial charge in [0.25, 0.3) is 5.82 Å². The molecule has 0 aliphatic heterocycles. The maximum atomic E-state index is 13.1. The predicted octanol–water partition coefficient (Wildman–Crippen LogP) is 2.51. The molecule has 10 heteroatoms. The van der Waals surface area contributed by atoms with E-state index in [1.165, 1.54) is 7.11 Å². The van der Waals surface area contributed by atoms with Gasteiger partial charge >= 0.3 is 12.1 Å². The Morgan fingerprint density at radius 2 is 1.96 bits per heavy atom. The molecule has 2 aromatic rings. The number of nitrogens with zero attached hydrogens (tertiary/aromatic N) is 4. The molecule has 0 unspecified atom stereocenters. The molecule has 25 heavy (non-hydrogen) atoms. The Kier molecular flexibility index (Phi) is 4.29. The van der Waals surface area contributed by atoms with Gasteiger partial charge in [-0.2, -0.15) is 17.7 Å². The second-order valence-corrected chi connectivity index (χ2v) is 6.23. The number of hydrogen-bond donors (Lipinski definition) is 1. The second kappa shape index (κ2) is 6.16. The number of aromatic nitrogens is 4. The molecule has 1 aliphatic carbocycles. The lowest BCUT2D eigenvalue weighted by atomic mass is 10.1. The summed E-state index contributed by atoms with van der Waals surface area (Å²) < 4.78 is 44.7. The smallest absolute Gasteiger partial charge is 0.453 e. The molecule has 3 rings (SSSR count). The molecule has 1 aliphatic rings. The topological polar surface area (TPSA) is 81.4 Å². The lowest BCUT2D eigenvalue weighted by Gasteiger charge is -2.17. The van der Waals surface area contributed by atoms with Gasteiger partial charge in [0.2, 0.25) is 0 Å². The zero-order valence-electron chi connectivity index (χ0n) is 14.0. The molecule has 2 heterocycles. The van der Waals surface area contributed by atoms with Crippen LogP contribution in [0.15, 0.2) is 0 Å². The summed E-state index contributed by atoms with van der Waals surface area (Å²) in [5.41, 5.74) is 1.35. The molecule has 0 amide bonds. The van der Waals surface area contributed by atoms with Crippen molar-refractivity contribution in [3.63, 3.8) is 0 Å². The first-order valence-electron chi connectivity index (χ1n) is 7.86. The van der Waals surface area contributed by atoms with Gasteiger partial charge in [-0.05, 0) is 38.7 Å². The second-order valence-electron chi connectivity index (χ2n) is 6.23. The van der Waals surface area contributed by atoms with E-state index < -0.39 is 12.0 Å². The van der Waals surface area contributed by atoms with Crippen LogP contribution in [0, 0.1) is 19.8 Å². The molecular formula is C15H18F3N5O2. The van der Waals surface area contributed by atoms with Crippen molar-refractivity contribution in [3.8, 4) is 0 Å². The molecule has 0 bridgehead atoms. The molecule has 0 spiro atoms. The predicted molar refractivity (Wildman–Crippen MR) is 82.0 cm³/mol. The zero-order chi connectivity index (χ0) is 18.4. The van der Waals surface area contributed by atoms with Crippen molar-refractivity contribution >= 4 is 17.4 Å². The Morgan fingerprint density at radius 3 is 2.60 bits per heavy atom. The zero-order valence-corrected chi connectivity index (χ0v) is 14.0. The molecule has 136 valence electrons. The fourth-order valence-corrected chi connectivity index (χ4v) is 3.13. The summed E-state index contributed by atoms with van der Waals surface area (Å²) in [6.07, 6.45) is -2.70. The van der Waals surface area contributed by atoms with Crippen LogP contribution in [0.5, 0.6) is 0 Å². The molecule has 1 fully saturated rings. The van der Waals surface area contributed by atoms with Crippen molar-refractivity contribution in [3.05, 3.63) is 17.0 Å². The number of rotatable bonds is 3. The molecule has 1 saturated carbocycles. The first-order chi connectivity index (χ1) is 11.7. The molecule has 0 aromatic carbocycles. The Bertz CT molecular complexity index is 818. The van der Waals surface area contributed by atoms with Gasteiger partial charge in [0.05, 0.1) is 13.0 Å². The number of anilines is 1. The monoisotopic (exact) mass is 357 g/mol. The number of aryl methyl sites for hydroxylation is 1. The van der Waals surface area contributed by atoms with Gasteiger partial charge in [0.15, 0.2) is 11.5 Å². The molecule has 0 radical (unpaired) electrons. The fraction of sp³-hybridized carbons (Fsp3) is 0.600. The molecule has 0 saturated heterocycles. The van der Waals surface area contributed by atoms with Crippen molar-refractivity contribution in [2.75, 3.05) is 12.4 Å². The highest BCUT2D eigenvalue weighted by Crippen LogP contribution is 2.32. The number of nitrogens with one attached hydrogen (secondary N) is 1. The number of halogens is 3. The van der Waals surface area contributed by atoms with Gasteiger partial charge in [-0.1, -0.05) is 0 Å². The Labute approximate surface area is 141 Å². The van der Waals surface area contributed by atoms with Crippen LogP contribution in [0.3, 0.4) is 0 Å². The number of carbonyl (C=O) groups excluding carboxylic acids is 1. The summed E-state index contributed by atoms with van der Waals surface area (Å²) in [5.74, 6) is -1.29. The highest BCUT2D eigenvalue weighted by molar-refractivity contribution is 5.72. The van der Waals surface area contributed by atoms with Gasteiger partial charge in [-0.3, -0.25) is 4.79 Å². The van der Waals surface area contributed by atoms with E-state index in [0.717, 1.165) is 4.52 Å². The highest BCUT2D eigenvalue weighted by atomic mass is 19.4. The summed E-state index contributed by atoms with van der Waals surface area (Å²) in [7, 11) is 1.34. The quantitative estimate of drug-likeness (QED) is 0.850. The van der Waals surface area contributed by atoms with Crippen LogP contribution in [0.4, 0.5) is 19.0 Å². The van der Waals surface area contributed by atoms with Crippen LogP contribution in [0.1, 0.15) is 36.2 Å². The van der Waals surface area contributed by atoms with Crippen molar-refractivity contribution in [2.45, 2.75) is 45.3 Å². The maximum Gasteiger partial charge on any atom is 0.453 e. The van der Waals surface area contributed by atoms with E-state index in [2.05, 4.69) is 20.6 Å². The lowest BCUT2D eigenvalue weighted by molar-refractivity contribution is -0.146. The van der Waals surface area contributed by atoms with E-state index in [0.29, 0.717) is 36.2 Å². The van der Waals surface area contributed by atoms with Crippen LogP contribution >= 0.6 is 0 Å². The largest absolute Gasteiger partial charge is 0.469 e. The van der Waals surface area contributed by atoms with E-state index in [1.54, 1.807) is 13.8 Å². The average Bonchev–Trinajstić information content (AvgIpc) is 3.18. The number of carbonyl (C=O) groups is 1. The first kappa shape index (κ1) is 17.4. The van der Waals surface area contributed by atoms with E-state index in [-0.39, 0.29) is 23.6 Å². The number of alkyl halides is 3. The Morgan fingerprint density at radius 1 is 1.24 bits per heavy atom. The van der Waals surface area contributed by atoms with E-state index >= 15 is 0 Å². The maximum absolute atomic E-state index is 13.1. The van der Waals surface area contributed by atoms with Crippen LogP contribution in [-0.4, -0.2) is 38.9 Å². The summed E-state index contributed by atoms with van der Waals surface area (Å²) in [6.45, 7) is 3.44. The van der Waals surface area contributed by atoms with Gasteiger partial charge in [0, 0.05) is 11.6 Å². The number of fused-ring (bicyclic) bond motifs is 1. The summed E-state index contributed by atoms with van der Waals surface area (Å²) in [6, 6.07) is -0.0574. The van der Waals surface area contributed by atoms with Crippen LogP contribution < -0.4 is 5.32 Å². The summed E-state index contributed by atoms with van der Waals surface area (Å²) in [4.78, 5) is 11.6. The third-order valence-electron chi connectivity index (χ3n) is 4.66. The van der Waals surface area contributed by atoms with E-state index in [4.69, 9.17) is 4.74 Å². The Hall–Kier alpha value is -2.39. The number of ether oxygens (including phenoxy) is 1. The van der Waals surface area contributed by atoms with Crippen molar-refractivity contribution in [1.82, 2.24) is 19.8 Å². The average molecular weight is 357 g/mol. The number of esters is 1. The minimum absolute atomic E-state index is 0.0574. The third-order valence-corrected chi connectivity index (χ3v) is 4.66. The lowest BCUT2D eigenvalue weighted by Crippen LogP contribution is -2.21. The van der Waals surface area contributed by atoms with Gasteiger partial charge in [-0.15, -0.1) is 15.3 Å². The number of methoxy groups -OCH3 is 1. The SMILES string of the molecule is COC(=O)[C@H]1CC[C@@H](Nc2nn3c(C(F)(F)F)nnc3c(C)c2C)C1. The standard InChI is InChI=1S/C15H18F3N5O2/c1-7-8(2)12-20-21-14(15(16,17)18)23(12)22-11(7)19-10-5-4-9(6-10)13(24)25-3/h9-10H,4-6H2,1-3H3,(H,19,22)/t9-,10+/m0/s1. The van der Waals surface area contributed by atoms with Gasteiger partial charge in [0.1, 0.15) is 0 Å². The Balaban J connectivity index is 1.92. The van der Waals surface area contributed by atoms with Crippen molar-refractivity contribution in [1.29, 1.82) is 0 Å². The van der Waals surface area contributed by atoms with Crippen LogP contribution in [0.2, 0.25) is 0 Å². The third kappa shape index (κ3) is 3.12. The number of hydrogen-bond acceptors (Lipinski definition) is 6. The molecule has 1 N–H and O–H groups in total. The van der Waals surface area contributed by atoms with Gasteiger partial charge < -0.3 is 10.1 Å². The highest BCUT2D eigenvalue weighted by Gasteiger charge is 2.38. The fourth-order valence-electron chi connectivity index (χ4n) is 3.13. The minimum atomic E-state index is -4.64. The first-order valence-corrected chi connectivity index (χ1v) is 7.86. The molecule has 2 atom stereocenters.